The minimum atomic E-state index is -0.182. The van der Waals surface area contributed by atoms with Crippen LogP contribution in [0.4, 0.5) is 5.69 Å². The van der Waals surface area contributed by atoms with Gasteiger partial charge in [0.2, 0.25) is 0 Å². The number of aromatic nitrogens is 2. The van der Waals surface area contributed by atoms with Crippen LogP contribution >= 0.6 is 0 Å². The fourth-order valence-corrected chi connectivity index (χ4v) is 2.95. The molecule has 1 aromatic heterocycles. The van der Waals surface area contributed by atoms with Gasteiger partial charge in [-0.15, -0.1) is 0 Å². The van der Waals surface area contributed by atoms with Crippen LogP contribution in [0.2, 0.25) is 0 Å². The third-order valence-corrected chi connectivity index (χ3v) is 4.34. The fourth-order valence-electron chi connectivity index (χ4n) is 2.95. The van der Waals surface area contributed by atoms with Crippen molar-refractivity contribution < 1.29 is 9.59 Å². The number of fused-ring (bicyclic) bond motifs is 1. The van der Waals surface area contributed by atoms with E-state index >= 15 is 0 Å². The summed E-state index contributed by atoms with van der Waals surface area (Å²) in [5, 5.41) is 2.85. The molecule has 27 heavy (non-hydrogen) atoms. The monoisotopic (exact) mass is 355 g/mol. The molecule has 0 fully saturated rings. The van der Waals surface area contributed by atoms with Gasteiger partial charge in [-0.1, -0.05) is 29.8 Å². The first-order valence-corrected chi connectivity index (χ1v) is 8.57. The maximum absolute atomic E-state index is 12.7. The average Bonchev–Trinajstić information content (AvgIpc) is 3.12. The van der Waals surface area contributed by atoms with Gasteiger partial charge in [-0.25, -0.2) is 4.98 Å². The molecule has 0 radical (unpaired) electrons. The van der Waals surface area contributed by atoms with Crippen LogP contribution in [0, 0.1) is 6.92 Å². The Hall–Kier alpha value is -3.73. The molecule has 1 N–H and O–H groups in total. The normalized spacial score (nSPS) is 10.7. The van der Waals surface area contributed by atoms with Crippen LogP contribution < -0.4 is 5.32 Å². The van der Waals surface area contributed by atoms with Gasteiger partial charge >= 0.3 is 0 Å². The van der Waals surface area contributed by atoms with E-state index in [2.05, 4.69) is 10.3 Å². The maximum Gasteiger partial charge on any atom is 0.263 e. The summed E-state index contributed by atoms with van der Waals surface area (Å²) in [6.45, 7) is 1.94. The SMILES string of the molecule is Cc1cccc(C(=O)Nc2ccc(C(=O)n3cnc4ccccc43)cc2)c1. The third kappa shape index (κ3) is 3.35. The van der Waals surface area contributed by atoms with E-state index in [1.807, 2.05) is 49.4 Å². The van der Waals surface area contributed by atoms with E-state index in [0.29, 0.717) is 16.8 Å². The lowest BCUT2D eigenvalue weighted by Crippen LogP contribution is -2.13. The molecule has 5 nitrogen and oxygen atoms in total. The Labute approximate surface area is 156 Å². The molecular formula is C22H17N3O2. The van der Waals surface area contributed by atoms with E-state index in [0.717, 1.165) is 16.6 Å². The van der Waals surface area contributed by atoms with Gasteiger partial charge < -0.3 is 5.32 Å². The number of amides is 1. The summed E-state index contributed by atoms with van der Waals surface area (Å²) in [6.07, 6.45) is 1.53. The Bertz CT molecular complexity index is 1140. The molecule has 5 heteroatoms. The molecule has 1 amide bonds. The van der Waals surface area contributed by atoms with Crippen LogP contribution in [-0.2, 0) is 0 Å². The lowest BCUT2D eigenvalue weighted by Gasteiger charge is -2.07. The van der Waals surface area contributed by atoms with Gasteiger partial charge in [0.05, 0.1) is 11.0 Å². The molecule has 0 spiro atoms. The van der Waals surface area contributed by atoms with E-state index < -0.39 is 0 Å². The summed E-state index contributed by atoms with van der Waals surface area (Å²) in [7, 11) is 0. The van der Waals surface area contributed by atoms with Crippen molar-refractivity contribution in [3.8, 4) is 0 Å². The number of carbonyl (C=O) groups is 2. The highest BCUT2D eigenvalue weighted by atomic mass is 16.2. The first-order chi connectivity index (χ1) is 13.1. The molecule has 0 saturated heterocycles. The number of nitrogens with zero attached hydrogens (tertiary/aromatic N) is 2. The van der Waals surface area contributed by atoms with Crippen LogP contribution in [0.1, 0.15) is 26.3 Å². The molecule has 0 aliphatic heterocycles. The Balaban J connectivity index is 1.53. The van der Waals surface area contributed by atoms with Gasteiger partial charge in [-0.2, -0.15) is 0 Å². The van der Waals surface area contributed by atoms with Crippen LogP contribution in [-0.4, -0.2) is 21.4 Å². The standard InChI is InChI=1S/C22H17N3O2/c1-15-5-4-6-17(13-15)21(26)24-18-11-9-16(10-12-18)22(27)25-14-23-19-7-2-3-8-20(19)25/h2-14H,1H3,(H,24,26). The van der Waals surface area contributed by atoms with Gasteiger partial charge in [0.1, 0.15) is 6.33 Å². The maximum atomic E-state index is 12.7. The number of para-hydroxylation sites is 2. The molecule has 1 heterocycles. The van der Waals surface area contributed by atoms with Crippen LogP contribution in [0.15, 0.2) is 79.1 Å². The highest BCUT2D eigenvalue weighted by molar-refractivity contribution is 6.05. The quantitative estimate of drug-likeness (QED) is 0.596. The van der Waals surface area contributed by atoms with Crippen molar-refractivity contribution in [3.05, 3.63) is 95.8 Å². The second kappa shape index (κ2) is 6.88. The summed E-state index contributed by atoms with van der Waals surface area (Å²) in [4.78, 5) is 29.3. The molecule has 0 atom stereocenters. The van der Waals surface area contributed by atoms with E-state index in [1.165, 1.54) is 10.9 Å². The molecule has 0 unspecified atom stereocenters. The first-order valence-electron chi connectivity index (χ1n) is 8.57. The zero-order valence-electron chi connectivity index (χ0n) is 14.7. The number of aryl methyl sites for hydroxylation is 1. The van der Waals surface area contributed by atoms with Crippen molar-refractivity contribution >= 4 is 28.5 Å². The molecule has 3 aromatic carbocycles. The second-order valence-corrected chi connectivity index (χ2v) is 6.31. The molecule has 0 bridgehead atoms. The molecule has 4 aromatic rings. The van der Waals surface area contributed by atoms with Gasteiger partial charge in [0.25, 0.3) is 11.8 Å². The largest absolute Gasteiger partial charge is 0.322 e. The highest BCUT2D eigenvalue weighted by Crippen LogP contribution is 2.16. The van der Waals surface area contributed by atoms with Gasteiger partial charge in [0, 0.05) is 16.8 Å². The summed E-state index contributed by atoms with van der Waals surface area (Å²) in [5.41, 5.74) is 4.31. The number of hydrogen-bond acceptors (Lipinski definition) is 3. The van der Waals surface area contributed by atoms with Gasteiger partial charge in [-0.3, -0.25) is 14.2 Å². The first kappa shape index (κ1) is 16.7. The minimum Gasteiger partial charge on any atom is -0.322 e. The predicted molar refractivity (Wildman–Crippen MR) is 105 cm³/mol. The third-order valence-electron chi connectivity index (χ3n) is 4.34. The van der Waals surface area contributed by atoms with Crippen molar-refractivity contribution in [1.82, 2.24) is 9.55 Å². The average molecular weight is 355 g/mol. The van der Waals surface area contributed by atoms with E-state index in [9.17, 15) is 9.59 Å². The lowest BCUT2D eigenvalue weighted by molar-refractivity contribution is 0.0963. The summed E-state index contributed by atoms with van der Waals surface area (Å²) in [6, 6.07) is 21.7. The van der Waals surface area contributed by atoms with Crippen LogP contribution in [0.3, 0.4) is 0 Å². The fraction of sp³-hybridized carbons (Fsp3) is 0.0455. The van der Waals surface area contributed by atoms with Gasteiger partial charge in [0.15, 0.2) is 0 Å². The van der Waals surface area contributed by atoms with Gasteiger partial charge in [-0.05, 0) is 55.5 Å². The number of imidazole rings is 1. The molecule has 0 saturated carbocycles. The van der Waals surface area contributed by atoms with Crippen molar-refractivity contribution in [2.24, 2.45) is 0 Å². The number of rotatable bonds is 3. The Kier molecular flexibility index (Phi) is 4.26. The molecule has 132 valence electrons. The highest BCUT2D eigenvalue weighted by Gasteiger charge is 2.12. The molecule has 4 rings (SSSR count). The number of anilines is 1. The summed E-state index contributed by atoms with van der Waals surface area (Å²) in [5.74, 6) is -0.348. The molecular weight excluding hydrogens is 338 g/mol. The van der Waals surface area contributed by atoms with E-state index in [-0.39, 0.29) is 11.8 Å². The van der Waals surface area contributed by atoms with Crippen LogP contribution in [0.5, 0.6) is 0 Å². The van der Waals surface area contributed by atoms with Crippen molar-refractivity contribution in [3.63, 3.8) is 0 Å². The van der Waals surface area contributed by atoms with E-state index in [4.69, 9.17) is 0 Å². The zero-order valence-corrected chi connectivity index (χ0v) is 14.7. The van der Waals surface area contributed by atoms with Crippen molar-refractivity contribution in [2.45, 2.75) is 6.92 Å². The minimum absolute atomic E-state index is 0.166. The summed E-state index contributed by atoms with van der Waals surface area (Å²) >= 11 is 0. The summed E-state index contributed by atoms with van der Waals surface area (Å²) < 4.78 is 1.52. The van der Waals surface area contributed by atoms with Crippen LogP contribution in [0.25, 0.3) is 11.0 Å². The smallest absolute Gasteiger partial charge is 0.263 e. The predicted octanol–water partition coefficient (Wildman–Crippen LogP) is 4.29. The Morgan fingerprint density at radius 3 is 2.44 bits per heavy atom. The van der Waals surface area contributed by atoms with Crippen molar-refractivity contribution in [2.75, 3.05) is 5.32 Å². The zero-order chi connectivity index (χ0) is 18.8. The number of nitrogens with one attached hydrogen (secondary N) is 1. The number of hydrogen-bond donors (Lipinski definition) is 1. The Morgan fingerprint density at radius 1 is 0.889 bits per heavy atom. The molecule has 0 aliphatic rings. The molecule has 0 aliphatic carbocycles. The lowest BCUT2D eigenvalue weighted by atomic mass is 10.1. The second-order valence-electron chi connectivity index (χ2n) is 6.31. The number of benzene rings is 3. The van der Waals surface area contributed by atoms with Crippen molar-refractivity contribution in [1.29, 1.82) is 0 Å². The van der Waals surface area contributed by atoms with E-state index in [1.54, 1.807) is 30.3 Å². The Morgan fingerprint density at radius 2 is 1.67 bits per heavy atom. The number of carbonyl (C=O) groups excluding carboxylic acids is 2. The topological polar surface area (TPSA) is 64.0 Å².